The van der Waals surface area contributed by atoms with Gasteiger partial charge in [0.2, 0.25) is 0 Å². The molecule has 4 heteroatoms. The quantitative estimate of drug-likeness (QED) is 0.928. The van der Waals surface area contributed by atoms with Gasteiger partial charge in [0, 0.05) is 24.3 Å². The van der Waals surface area contributed by atoms with Crippen molar-refractivity contribution in [3.8, 4) is 0 Å². The first kappa shape index (κ1) is 13.3. The number of rotatable bonds is 4. The highest BCUT2D eigenvalue weighted by Crippen LogP contribution is 2.28. The molecule has 1 atom stereocenters. The summed E-state index contributed by atoms with van der Waals surface area (Å²) >= 11 is 0. The Kier molecular flexibility index (Phi) is 3.83. The molecule has 106 valence electrons. The second-order valence-electron chi connectivity index (χ2n) is 5.45. The van der Waals surface area contributed by atoms with Crippen molar-refractivity contribution in [3.63, 3.8) is 0 Å². The average Bonchev–Trinajstić information content (AvgIpc) is 2.84. The lowest BCUT2D eigenvalue weighted by molar-refractivity contribution is 0.455. The van der Waals surface area contributed by atoms with Crippen LogP contribution < -0.4 is 5.32 Å². The van der Waals surface area contributed by atoms with Crippen molar-refractivity contribution in [1.29, 1.82) is 0 Å². The molecular weight excluding hydrogens is 253 g/mol. The van der Waals surface area contributed by atoms with Crippen LogP contribution in [0.3, 0.4) is 0 Å². The van der Waals surface area contributed by atoms with Crippen molar-refractivity contribution >= 4 is 0 Å². The molecule has 1 aromatic heterocycles. The van der Waals surface area contributed by atoms with E-state index in [1.807, 2.05) is 30.1 Å². The number of halogens is 1. The van der Waals surface area contributed by atoms with E-state index < -0.39 is 0 Å². The molecule has 1 aliphatic rings. The minimum atomic E-state index is -0.172. The molecule has 1 N–H and O–H groups in total. The molecular formula is C16H20FN3. The SMILES string of the molecule is Cn1ncc2c1CCCC2NCCc1ccc(F)cc1. The monoisotopic (exact) mass is 273 g/mol. The first-order chi connectivity index (χ1) is 9.74. The van der Waals surface area contributed by atoms with Crippen molar-refractivity contribution in [2.24, 2.45) is 7.05 Å². The fourth-order valence-corrected chi connectivity index (χ4v) is 2.96. The van der Waals surface area contributed by atoms with Crippen LogP contribution >= 0.6 is 0 Å². The molecule has 0 saturated carbocycles. The summed E-state index contributed by atoms with van der Waals surface area (Å²) in [6.07, 6.45) is 6.42. The Morgan fingerprint density at radius 1 is 1.35 bits per heavy atom. The van der Waals surface area contributed by atoms with E-state index >= 15 is 0 Å². The number of nitrogens with one attached hydrogen (secondary N) is 1. The van der Waals surface area contributed by atoms with Gasteiger partial charge in [0.25, 0.3) is 0 Å². The third-order valence-electron chi connectivity index (χ3n) is 4.09. The van der Waals surface area contributed by atoms with Gasteiger partial charge in [-0.3, -0.25) is 4.68 Å². The Bertz CT molecular complexity index is 574. The van der Waals surface area contributed by atoms with E-state index in [4.69, 9.17) is 0 Å². The standard InChI is InChI=1S/C16H20FN3/c1-20-16-4-2-3-15(14(16)11-19-20)18-10-9-12-5-7-13(17)8-6-12/h5-8,11,15,18H,2-4,9-10H2,1H3. The lowest BCUT2D eigenvalue weighted by Gasteiger charge is -2.24. The van der Waals surface area contributed by atoms with Crippen molar-refractivity contribution in [3.05, 3.63) is 53.1 Å². The maximum Gasteiger partial charge on any atom is 0.123 e. The van der Waals surface area contributed by atoms with Crippen LogP contribution in [0.5, 0.6) is 0 Å². The summed E-state index contributed by atoms with van der Waals surface area (Å²) in [5, 5.41) is 7.97. The highest BCUT2D eigenvalue weighted by Gasteiger charge is 2.22. The molecule has 0 saturated heterocycles. The molecule has 0 spiro atoms. The zero-order valence-corrected chi connectivity index (χ0v) is 11.8. The van der Waals surface area contributed by atoms with Crippen molar-refractivity contribution in [1.82, 2.24) is 15.1 Å². The van der Waals surface area contributed by atoms with E-state index in [1.54, 1.807) is 0 Å². The molecule has 1 unspecified atom stereocenters. The van der Waals surface area contributed by atoms with E-state index in [1.165, 1.54) is 41.8 Å². The molecule has 0 aliphatic heterocycles. The summed E-state index contributed by atoms with van der Waals surface area (Å²) < 4.78 is 14.8. The molecule has 1 aromatic carbocycles. The van der Waals surface area contributed by atoms with Crippen LogP contribution in [0.2, 0.25) is 0 Å². The molecule has 20 heavy (non-hydrogen) atoms. The van der Waals surface area contributed by atoms with Crippen molar-refractivity contribution < 1.29 is 4.39 Å². The minimum Gasteiger partial charge on any atom is -0.309 e. The van der Waals surface area contributed by atoms with Gasteiger partial charge in [0.1, 0.15) is 5.82 Å². The number of benzene rings is 1. The van der Waals surface area contributed by atoms with Crippen molar-refractivity contribution in [2.75, 3.05) is 6.54 Å². The summed E-state index contributed by atoms with van der Waals surface area (Å²) in [5.74, 6) is -0.172. The highest BCUT2D eigenvalue weighted by molar-refractivity contribution is 5.24. The van der Waals surface area contributed by atoms with Crippen LogP contribution in [0.1, 0.15) is 35.7 Å². The summed E-state index contributed by atoms with van der Waals surface area (Å²) in [6, 6.07) is 7.17. The van der Waals surface area contributed by atoms with Gasteiger partial charge in [0.05, 0.1) is 6.20 Å². The van der Waals surface area contributed by atoms with Crippen LogP contribution in [-0.4, -0.2) is 16.3 Å². The number of aryl methyl sites for hydroxylation is 1. The van der Waals surface area contributed by atoms with E-state index in [0.29, 0.717) is 6.04 Å². The van der Waals surface area contributed by atoms with Gasteiger partial charge in [-0.15, -0.1) is 0 Å². The zero-order chi connectivity index (χ0) is 13.9. The molecule has 0 amide bonds. The van der Waals surface area contributed by atoms with E-state index in [0.717, 1.165) is 19.4 Å². The Labute approximate surface area is 118 Å². The summed E-state index contributed by atoms with van der Waals surface area (Å²) in [5.41, 5.74) is 3.87. The second-order valence-corrected chi connectivity index (χ2v) is 5.45. The topological polar surface area (TPSA) is 29.9 Å². The fourth-order valence-electron chi connectivity index (χ4n) is 2.96. The first-order valence-corrected chi connectivity index (χ1v) is 7.22. The van der Waals surface area contributed by atoms with Crippen LogP contribution in [0.15, 0.2) is 30.5 Å². The summed E-state index contributed by atoms with van der Waals surface area (Å²) in [7, 11) is 2.01. The molecule has 3 rings (SSSR count). The predicted molar refractivity (Wildman–Crippen MR) is 77.0 cm³/mol. The number of hydrogen-bond acceptors (Lipinski definition) is 2. The van der Waals surface area contributed by atoms with Gasteiger partial charge in [-0.1, -0.05) is 12.1 Å². The van der Waals surface area contributed by atoms with Crippen LogP contribution in [0.4, 0.5) is 4.39 Å². The fraction of sp³-hybridized carbons (Fsp3) is 0.438. The zero-order valence-electron chi connectivity index (χ0n) is 11.8. The van der Waals surface area contributed by atoms with E-state index in [9.17, 15) is 4.39 Å². The van der Waals surface area contributed by atoms with Crippen LogP contribution in [0, 0.1) is 5.82 Å². The Morgan fingerprint density at radius 3 is 2.95 bits per heavy atom. The number of aromatic nitrogens is 2. The normalized spacial score (nSPS) is 18.0. The Hall–Kier alpha value is -1.68. The maximum absolute atomic E-state index is 12.8. The molecule has 3 nitrogen and oxygen atoms in total. The number of nitrogens with zero attached hydrogens (tertiary/aromatic N) is 2. The highest BCUT2D eigenvalue weighted by atomic mass is 19.1. The van der Waals surface area contributed by atoms with Crippen molar-refractivity contribution in [2.45, 2.75) is 31.7 Å². The van der Waals surface area contributed by atoms with Gasteiger partial charge in [-0.05, 0) is 49.9 Å². The van der Waals surface area contributed by atoms with E-state index in [2.05, 4.69) is 10.4 Å². The third-order valence-corrected chi connectivity index (χ3v) is 4.09. The number of fused-ring (bicyclic) bond motifs is 1. The molecule has 1 heterocycles. The summed E-state index contributed by atoms with van der Waals surface area (Å²) in [4.78, 5) is 0. The molecule has 0 radical (unpaired) electrons. The largest absolute Gasteiger partial charge is 0.309 e. The van der Waals surface area contributed by atoms with Gasteiger partial charge in [0.15, 0.2) is 0 Å². The van der Waals surface area contributed by atoms with Crippen LogP contribution in [0.25, 0.3) is 0 Å². The third kappa shape index (κ3) is 2.75. The van der Waals surface area contributed by atoms with Crippen LogP contribution in [-0.2, 0) is 19.9 Å². The lowest BCUT2D eigenvalue weighted by atomic mass is 9.93. The second kappa shape index (κ2) is 5.75. The number of hydrogen-bond donors (Lipinski definition) is 1. The molecule has 1 aliphatic carbocycles. The Morgan fingerprint density at radius 2 is 2.15 bits per heavy atom. The van der Waals surface area contributed by atoms with Gasteiger partial charge in [-0.2, -0.15) is 5.10 Å². The Balaban J connectivity index is 1.58. The van der Waals surface area contributed by atoms with Gasteiger partial charge >= 0.3 is 0 Å². The summed E-state index contributed by atoms with van der Waals surface area (Å²) in [6.45, 7) is 0.907. The van der Waals surface area contributed by atoms with Gasteiger partial charge < -0.3 is 5.32 Å². The van der Waals surface area contributed by atoms with Gasteiger partial charge in [-0.25, -0.2) is 4.39 Å². The predicted octanol–water partition coefficient (Wildman–Crippen LogP) is 2.77. The molecule has 2 aromatic rings. The maximum atomic E-state index is 12.8. The minimum absolute atomic E-state index is 0.172. The lowest BCUT2D eigenvalue weighted by Crippen LogP contribution is -2.27. The first-order valence-electron chi connectivity index (χ1n) is 7.22. The van der Waals surface area contributed by atoms with E-state index in [-0.39, 0.29) is 5.82 Å². The molecule has 0 bridgehead atoms. The average molecular weight is 273 g/mol. The molecule has 0 fully saturated rings. The smallest absolute Gasteiger partial charge is 0.123 e.